The molecule has 1 rings (SSSR count). The van der Waals surface area contributed by atoms with Crippen molar-refractivity contribution >= 4 is 9.84 Å². The molecule has 1 aliphatic heterocycles. The average Bonchev–Trinajstić information content (AvgIpc) is 2.85. The quantitative estimate of drug-likeness (QED) is 0.608. The minimum Gasteiger partial charge on any atom is -0.382 e. The summed E-state index contributed by atoms with van der Waals surface area (Å²) in [4.78, 5) is 0. The molecule has 0 bridgehead atoms. The minimum atomic E-state index is -3.06. The number of nitrogens with one attached hydrogen (secondary N) is 1. The maximum atomic E-state index is 12.1. The Balaban J connectivity index is 2.17. The molecule has 0 spiro atoms. The monoisotopic (exact) mass is 293 g/mol. The van der Waals surface area contributed by atoms with Crippen molar-refractivity contribution in [2.24, 2.45) is 0 Å². The lowest BCUT2D eigenvalue weighted by Gasteiger charge is -2.16. The van der Waals surface area contributed by atoms with Crippen molar-refractivity contribution in [1.29, 1.82) is 0 Å². The molecule has 1 aliphatic rings. The van der Waals surface area contributed by atoms with Gasteiger partial charge < -0.3 is 14.8 Å². The van der Waals surface area contributed by atoms with E-state index in [9.17, 15) is 8.42 Å². The molecule has 0 aromatic heterocycles. The van der Waals surface area contributed by atoms with E-state index in [2.05, 4.69) is 5.32 Å². The van der Waals surface area contributed by atoms with Gasteiger partial charge in [-0.1, -0.05) is 0 Å². The van der Waals surface area contributed by atoms with Gasteiger partial charge in [0.05, 0.1) is 17.1 Å². The van der Waals surface area contributed by atoms with Crippen LogP contribution in [0.1, 0.15) is 33.1 Å². The first-order chi connectivity index (χ1) is 9.06. The van der Waals surface area contributed by atoms with E-state index in [-0.39, 0.29) is 17.1 Å². The molecule has 19 heavy (non-hydrogen) atoms. The predicted octanol–water partition coefficient (Wildman–Crippen LogP) is 0.985. The molecule has 0 aliphatic carbocycles. The van der Waals surface area contributed by atoms with Crippen molar-refractivity contribution in [1.82, 2.24) is 5.32 Å². The lowest BCUT2D eigenvalue weighted by atomic mass is 10.3. The van der Waals surface area contributed by atoms with Crippen LogP contribution in [0.3, 0.4) is 0 Å². The summed E-state index contributed by atoms with van der Waals surface area (Å²) in [7, 11) is -3.06. The number of hydrogen-bond donors (Lipinski definition) is 1. The summed E-state index contributed by atoms with van der Waals surface area (Å²) in [5.41, 5.74) is 0. The van der Waals surface area contributed by atoms with Gasteiger partial charge in [0, 0.05) is 26.4 Å². The highest BCUT2D eigenvalue weighted by molar-refractivity contribution is 7.92. The first-order valence-electron chi connectivity index (χ1n) is 7.18. The van der Waals surface area contributed by atoms with Crippen molar-refractivity contribution in [3.63, 3.8) is 0 Å². The van der Waals surface area contributed by atoms with Crippen molar-refractivity contribution in [2.45, 2.75) is 44.5 Å². The SMILES string of the molecule is CCOCCCNCC(C)S(=O)(=O)CC1CCCO1. The third kappa shape index (κ3) is 6.70. The average molecular weight is 293 g/mol. The Morgan fingerprint density at radius 2 is 2.26 bits per heavy atom. The van der Waals surface area contributed by atoms with Gasteiger partial charge >= 0.3 is 0 Å². The topological polar surface area (TPSA) is 64.6 Å². The van der Waals surface area contributed by atoms with Crippen LogP contribution >= 0.6 is 0 Å². The number of rotatable bonds is 10. The number of ether oxygens (including phenoxy) is 2. The van der Waals surface area contributed by atoms with Crippen LogP contribution in [-0.2, 0) is 19.3 Å². The van der Waals surface area contributed by atoms with E-state index in [1.807, 2.05) is 6.92 Å². The second kappa shape index (κ2) is 8.89. The molecule has 6 heteroatoms. The summed E-state index contributed by atoms with van der Waals surface area (Å²) >= 11 is 0. The van der Waals surface area contributed by atoms with E-state index >= 15 is 0 Å². The van der Waals surface area contributed by atoms with E-state index in [4.69, 9.17) is 9.47 Å². The van der Waals surface area contributed by atoms with Crippen molar-refractivity contribution < 1.29 is 17.9 Å². The maximum Gasteiger partial charge on any atom is 0.156 e. The predicted molar refractivity (Wildman–Crippen MR) is 76.2 cm³/mol. The molecule has 5 nitrogen and oxygen atoms in total. The van der Waals surface area contributed by atoms with Gasteiger partial charge in [-0.25, -0.2) is 8.42 Å². The Morgan fingerprint density at radius 3 is 2.89 bits per heavy atom. The Bertz CT molecular complexity index is 326. The Hall–Kier alpha value is -0.170. The molecule has 2 unspecified atom stereocenters. The van der Waals surface area contributed by atoms with E-state index in [0.29, 0.717) is 13.2 Å². The number of hydrogen-bond acceptors (Lipinski definition) is 5. The van der Waals surface area contributed by atoms with Gasteiger partial charge in [0.1, 0.15) is 0 Å². The van der Waals surface area contributed by atoms with E-state index < -0.39 is 9.84 Å². The molecular formula is C13H27NO4S. The number of sulfone groups is 1. The highest BCUT2D eigenvalue weighted by Crippen LogP contribution is 2.16. The summed E-state index contributed by atoms with van der Waals surface area (Å²) in [5.74, 6) is 0.162. The van der Waals surface area contributed by atoms with E-state index in [0.717, 1.165) is 39.0 Å². The summed E-state index contributed by atoms with van der Waals surface area (Å²) in [5, 5.41) is 2.82. The lowest BCUT2D eigenvalue weighted by Crippen LogP contribution is -2.36. The molecule has 0 aromatic carbocycles. The van der Waals surface area contributed by atoms with Crippen LogP contribution in [0.15, 0.2) is 0 Å². The fraction of sp³-hybridized carbons (Fsp3) is 1.00. The van der Waals surface area contributed by atoms with Crippen LogP contribution in [0.25, 0.3) is 0 Å². The van der Waals surface area contributed by atoms with Crippen LogP contribution < -0.4 is 5.32 Å². The minimum absolute atomic E-state index is 0.0922. The molecule has 1 N–H and O–H groups in total. The van der Waals surface area contributed by atoms with Gasteiger partial charge in [0.15, 0.2) is 9.84 Å². The summed E-state index contributed by atoms with van der Waals surface area (Å²) in [6.07, 6.45) is 2.66. The summed E-state index contributed by atoms with van der Waals surface area (Å²) in [6.45, 7) is 7.17. The second-order valence-electron chi connectivity index (χ2n) is 5.03. The van der Waals surface area contributed by atoms with Crippen LogP contribution in [0, 0.1) is 0 Å². The molecule has 114 valence electrons. The Morgan fingerprint density at radius 1 is 1.47 bits per heavy atom. The highest BCUT2D eigenvalue weighted by atomic mass is 32.2. The third-order valence-electron chi connectivity index (χ3n) is 3.33. The van der Waals surface area contributed by atoms with Crippen LogP contribution in [0.4, 0.5) is 0 Å². The second-order valence-corrected chi connectivity index (χ2v) is 7.49. The molecule has 0 saturated carbocycles. The first-order valence-corrected chi connectivity index (χ1v) is 8.89. The van der Waals surface area contributed by atoms with Crippen molar-refractivity contribution in [3.8, 4) is 0 Å². The van der Waals surface area contributed by atoms with Gasteiger partial charge in [-0.15, -0.1) is 0 Å². The van der Waals surface area contributed by atoms with E-state index in [1.54, 1.807) is 6.92 Å². The van der Waals surface area contributed by atoms with Gasteiger partial charge in [-0.2, -0.15) is 0 Å². The fourth-order valence-corrected chi connectivity index (χ4v) is 3.56. The zero-order valence-electron chi connectivity index (χ0n) is 12.1. The van der Waals surface area contributed by atoms with Gasteiger partial charge in [0.25, 0.3) is 0 Å². The zero-order chi connectivity index (χ0) is 14.1. The molecular weight excluding hydrogens is 266 g/mol. The lowest BCUT2D eigenvalue weighted by molar-refractivity contribution is 0.127. The smallest absolute Gasteiger partial charge is 0.156 e. The maximum absolute atomic E-state index is 12.1. The molecule has 0 radical (unpaired) electrons. The molecule has 0 amide bonds. The van der Waals surface area contributed by atoms with Crippen molar-refractivity contribution in [3.05, 3.63) is 0 Å². The van der Waals surface area contributed by atoms with Gasteiger partial charge in [-0.3, -0.25) is 0 Å². The standard InChI is InChI=1S/C13H27NO4S/c1-3-17-8-5-7-14-10-12(2)19(15,16)11-13-6-4-9-18-13/h12-14H,3-11H2,1-2H3. The molecule has 2 atom stereocenters. The highest BCUT2D eigenvalue weighted by Gasteiger charge is 2.27. The summed E-state index contributed by atoms with van der Waals surface area (Å²) < 4.78 is 34.8. The van der Waals surface area contributed by atoms with E-state index in [1.165, 1.54) is 0 Å². The largest absolute Gasteiger partial charge is 0.382 e. The van der Waals surface area contributed by atoms with Gasteiger partial charge in [-0.05, 0) is 39.7 Å². The summed E-state index contributed by atoms with van der Waals surface area (Å²) in [6, 6.07) is 0. The molecule has 1 heterocycles. The first kappa shape index (κ1) is 16.9. The molecule has 1 saturated heterocycles. The van der Waals surface area contributed by atoms with Crippen LogP contribution in [0.5, 0.6) is 0 Å². The van der Waals surface area contributed by atoms with Gasteiger partial charge in [0.2, 0.25) is 0 Å². The molecule has 0 aromatic rings. The zero-order valence-corrected chi connectivity index (χ0v) is 12.9. The Labute approximate surface area is 117 Å². The molecule has 1 fully saturated rings. The third-order valence-corrected chi connectivity index (χ3v) is 5.56. The van der Waals surface area contributed by atoms with Crippen LogP contribution in [0.2, 0.25) is 0 Å². The van der Waals surface area contributed by atoms with Crippen molar-refractivity contribution in [2.75, 3.05) is 38.7 Å². The van der Waals surface area contributed by atoms with Crippen LogP contribution in [-0.4, -0.2) is 58.4 Å². The Kier molecular flexibility index (Phi) is 7.90. The fourth-order valence-electron chi connectivity index (χ4n) is 2.08. The normalized spacial score (nSPS) is 21.7.